The minimum absolute atomic E-state index is 0.0395. The molecule has 5 nitrogen and oxygen atoms in total. The maximum atomic E-state index is 11.6. The lowest BCUT2D eigenvalue weighted by atomic mass is 9.87. The van der Waals surface area contributed by atoms with Gasteiger partial charge < -0.3 is 4.74 Å². The van der Waals surface area contributed by atoms with E-state index in [4.69, 9.17) is 4.74 Å². The lowest BCUT2D eigenvalue weighted by molar-refractivity contribution is -0.125. The first-order chi connectivity index (χ1) is 8.99. The van der Waals surface area contributed by atoms with Gasteiger partial charge in [0.1, 0.15) is 5.75 Å². The van der Waals surface area contributed by atoms with Gasteiger partial charge in [0.25, 0.3) is 5.91 Å². The van der Waals surface area contributed by atoms with Gasteiger partial charge in [0, 0.05) is 0 Å². The van der Waals surface area contributed by atoms with Crippen LogP contribution in [-0.2, 0) is 20.2 Å². The van der Waals surface area contributed by atoms with E-state index in [0.717, 1.165) is 11.8 Å². The highest BCUT2D eigenvalue weighted by molar-refractivity contribution is 7.89. The summed E-state index contributed by atoms with van der Waals surface area (Å²) in [6, 6.07) is 7.39. The van der Waals surface area contributed by atoms with E-state index < -0.39 is 22.0 Å². The second-order valence-corrected chi connectivity index (χ2v) is 7.52. The molecule has 1 atom stereocenters. The fourth-order valence-electron chi connectivity index (χ4n) is 1.56. The molecule has 0 aromatic heterocycles. The summed E-state index contributed by atoms with van der Waals surface area (Å²) in [5.41, 5.74) is 1.19. The van der Waals surface area contributed by atoms with Gasteiger partial charge in [-0.05, 0) is 30.0 Å². The van der Waals surface area contributed by atoms with Gasteiger partial charge in [-0.3, -0.25) is 9.52 Å². The van der Waals surface area contributed by atoms with Gasteiger partial charge >= 0.3 is 0 Å². The molecule has 0 bridgehead atoms. The number of carbonyl (C=O) groups excluding carboxylic acids is 1. The van der Waals surface area contributed by atoms with E-state index in [-0.39, 0.29) is 5.41 Å². The van der Waals surface area contributed by atoms with Crippen molar-refractivity contribution in [3.8, 4) is 5.75 Å². The van der Waals surface area contributed by atoms with Crippen molar-refractivity contribution in [1.82, 2.24) is 4.72 Å². The first-order valence-electron chi connectivity index (χ1n) is 6.28. The van der Waals surface area contributed by atoms with E-state index >= 15 is 0 Å². The topological polar surface area (TPSA) is 72.5 Å². The lowest BCUT2D eigenvalue weighted by Crippen LogP contribution is -2.39. The molecule has 6 heteroatoms. The van der Waals surface area contributed by atoms with Gasteiger partial charge in [0.05, 0.1) is 6.26 Å². The number of rotatable bonds is 4. The van der Waals surface area contributed by atoms with Crippen LogP contribution in [-0.4, -0.2) is 26.7 Å². The van der Waals surface area contributed by atoms with Crippen molar-refractivity contribution in [3.63, 3.8) is 0 Å². The predicted molar refractivity (Wildman–Crippen MR) is 78.2 cm³/mol. The third kappa shape index (κ3) is 5.21. The average molecular weight is 299 g/mol. The molecular weight excluding hydrogens is 278 g/mol. The summed E-state index contributed by atoms with van der Waals surface area (Å²) in [6.45, 7) is 7.80. The number of carbonyl (C=O) groups is 1. The summed E-state index contributed by atoms with van der Waals surface area (Å²) in [4.78, 5) is 11.6. The van der Waals surface area contributed by atoms with Crippen molar-refractivity contribution in [2.24, 2.45) is 0 Å². The van der Waals surface area contributed by atoms with Crippen molar-refractivity contribution in [2.45, 2.75) is 39.2 Å². The fraction of sp³-hybridized carbons (Fsp3) is 0.500. The first kappa shape index (κ1) is 16.5. The lowest BCUT2D eigenvalue weighted by Gasteiger charge is -2.20. The number of benzene rings is 1. The monoisotopic (exact) mass is 299 g/mol. The van der Waals surface area contributed by atoms with E-state index in [1.807, 2.05) is 16.9 Å². The Morgan fingerprint density at radius 3 is 2.10 bits per heavy atom. The number of hydrogen-bond donors (Lipinski definition) is 1. The predicted octanol–water partition coefficient (Wildman–Crippen LogP) is 1.83. The summed E-state index contributed by atoms with van der Waals surface area (Å²) in [7, 11) is -3.57. The van der Waals surface area contributed by atoms with Crippen LogP contribution in [0, 0.1) is 0 Å². The van der Waals surface area contributed by atoms with E-state index in [0.29, 0.717) is 5.75 Å². The van der Waals surface area contributed by atoms with Crippen LogP contribution in [0.2, 0.25) is 0 Å². The second-order valence-electron chi connectivity index (χ2n) is 5.77. The summed E-state index contributed by atoms with van der Waals surface area (Å²) >= 11 is 0. The van der Waals surface area contributed by atoms with E-state index in [1.165, 1.54) is 6.92 Å². The Balaban J connectivity index is 2.72. The number of sulfonamides is 1. The van der Waals surface area contributed by atoms with Crippen LogP contribution in [0.1, 0.15) is 33.3 Å². The molecule has 1 amide bonds. The molecule has 0 heterocycles. The summed E-state index contributed by atoms with van der Waals surface area (Å²) < 4.78 is 29.2. The smallest absolute Gasteiger partial charge is 0.274 e. The largest absolute Gasteiger partial charge is 0.481 e. The molecule has 0 fully saturated rings. The SMILES string of the molecule is CC(Oc1ccc(C(C)(C)C)cc1)C(=O)NS(C)(=O)=O. The normalized spacial score (nSPS) is 13.7. The molecule has 0 radical (unpaired) electrons. The van der Waals surface area contributed by atoms with Gasteiger partial charge in [-0.15, -0.1) is 0 Å². The van der Waals surface area contributed by atoms with Crippen molar-refractivity contribution >= 4 is 15.9 Å². The zero-order valence-corrected chi connectivity index (χ0v) is 13.2. The third-order valence-corrected chi connectivity index (χ3v) is 3.26. The van der Waals surface area contributed by atoms with Crippen LogP contribution in [0.4, 0.5) is 0 Å². The van der Waals surface area contributed by atoms with Gasteiger partial charge in [-0.2, -0.15) is 0 Å². The fourth-order valence-corrected chi connectivity index (χ4v) is 2.09. The van der Waals surface area contributed by atoms with Crippen LogP contribution in [0.25, 0.3) is 0 Å². The van der Waals surface area contributed by atoms with Crippen LogP contribution in [0.15, 0.2) is 24.3 Å². The van der Waals surface area contributed by atoms with Crippen LogP contribution < -0.4 is 9.46 Å². The third-order valence-electron chi connectivity index (χ3n) is 2.69. The molecule has 1 aromatic carbocycles. The molecule has 0 aliphatic rings. The van der Waals surface area contributed by atoms with Crippen molar-refractivity contribution in [2.75, 3.05) is 6.26 Å². The van der Waals surface area contributed by atoms with Crippen LogP contribution >= 0.6 is 0 Å². The zero-order chi connectivity index (χ0) is 15.6. The molecule has 1 unspecified atom stereocenters. The molecule has 0 aliphatic carbocycles. The van der Waals surface area contributed by atoms with Gasteiger partial charge in [0.2, 0.25) is 10.0 Å². The number of ether oxygens (including phenoxy) is 1. The molecule has 112 valence electrons. The van der Waals surface area contributed by atoms with Gasteiger partial charge in [-0.1, -0.05) is 32.9 Å². The van der Waals surface area contributed by atoms with E-state index in [1.54, 1.807) is 12.1 Å². The number of nitrogens with one attached hydrogen (secondary N) is 1. The highest BCUT2D eigenvalue weighted by atomic mass is 32.2. The maximum Gasteiger partial charge on any atom is 0.274 e. The Bertz CT molecular complexity index is 570. The molecule has 0 saturated heterocycles. The molecule has 1 rings (SSSR count). The zero-order valence-electron chi connectivity index (χ0n) is 12.4. The van der Waals surface area contributed by atoms with Gasteiger partial charge in [0.15, 0.2) is 6.10 Å². The number of amides is 1. The molecule has 1 aromatic rings. The maximum absolute atomic E-state index is 11.6. The summed E-state index contributed by atoms with van der Waals surface area (Å²) in [6.07, 6.45) is 0.0423. The average Bonchev–Trinajstić information content (AvgIpc) is 2.26. The second kappa shape index (κ2) is 5.83. The van der Waals surface area contributed by atoms with Crippen LogP contribution in [0.5, 0.6) is 5.75 Å². The van der Waals surface area contributed by atoms with E-state index in [9.17, 15) is 13.2 Å². The highest BCUT2D eigenvalue weighted by Crippen LogP contribution is 2.24. The molecular formula is C14H21NO4S. The van der Waals surface area contributed by atoms with Gasteiger partial charge in [-0.25, -0.2) is 8.42 Å². The Hall–Kier alpha value is -1.56. The Morgan fingerprint density at radius 1 is 1.20 bits per heavy atom. The molecule has 0 spiro atoms. The molecule has 20 heavy (non-hydrogen) atoms. The first-order valence-corrected chi connectivity index (χ1v) is 8.17. The summed E-state index contributed by atoms with van der Waals surface area (Å²) in [5.74, 6) is -0.165. The number of hydrogen-bond acceptors (Lipinski definition) is 4. The molecule has 1 N–H and O–H groups in total. The standard InChI is InChI=1S/C14H21NO4S/c1-10(13(16)15-20(5,17)18)19-12-8-6-11(7-9-12)14(2,3)4/h6-10H,1-5H3,(H,15,16). The quantitative estimate of drug-likeness (QED) is 0.920. The van der Waals surface area contributed by atoms with Crippen LogP contribution in [0.3, 0.4) is 0 Å². The molecule has 0 saturated carbocycles. The van der Waals surface area contributed by atoms with Crippen molar-refractivity contribution in [1.29, 1.82) is 0 Å². The minimum Gasteiger partial charge on any atom is -0.481 e. The Morgan fingerprint density at radius 2 is 1.70 bits per heavy atom. The highest BCUT2D eigenvalue weighted by Gasteiger charge is 2.19. The van der Waals surface area contributed by atoms with Crippen molar-refractivity contribution in [3.05, 3.63) is 29.8 Å². The Labute approximate surface area is 120 Å². The Kier molecular flexibility index (Phi) is 4.81. The molecule has 0 aliphatic heterocycles. The van der Waals surface area contributed by atoms with E-state index in [2.05, 4.69) is 20.8 Å². The summed E-state index contributed by atoms with van der Waals surface area (Å²) in [5, 5.41) is 0. The van der Waals surface area contributed by atoms with Crippen molar-refractivity contribution < 1.29 is 17.9 Å². The minimum atomic E-state index is -3.57.